The van der Waals surface area contributed by atoms with Gasteiger partial charge in [-0.15, -0.1) is 0 Å². The fourth-order valence-electron chi connectivity index (χ4n) is 0.670. The molecule has 0 aliphatic heterocycles. The maximum absolute atomic E-state index is 11.2. The molecule has 0 aromatic heterocycles. The van der Waals surface area contributed by atoms with Crippen LogP contribution in [-0.2, 0) is 14.3 Å². The summed E-state index contributed by atoms with van der Waals surface area (Å²) in [5.74, 6) is -1.26. The van der Waals surface area contributed by atoms with Crippen LogP contribution in [0.2, 0.25) is 0 Å². The molecule has 5 heteroatoms. The molecule has 0 aliphatic carbocycles. The summed E-state index contributed by atoms with van der Waals surface area (Å²) in [6, 6.07) is -1.29. The van der Waals surface area contributed by atoms with Gasteiger partial charge in [-0.25, -0.2) is 4.79 Å². The summed E-state index contributed by atoms with van der Waals surface area (Å²) in [6.07, 6.45) is 0. The smallest absolute Gasteiger partial charge is 0.333 e. The maximum atomic E-state index is 11.2. The summed E-state index contributed by atoms with van der Waals surface area (Å²) in [5.41, 5.74) is 0.935. The van der Waals surface area contributed by atoms with Gasteiger partial charge >= 0.3 is 5.97 Å². The Hall–Kier alpha value is -0.940. The largest absolute Gasteiger partial charge is 0.458 e. The number of hydroxylamine groups is 1. The van der Waals surface area contributed by atoms with Crippen LogP contribution >= 0.6 is 0 Å². The topological polar surface area (TPSA) is 75.6 Å². The third kappa shape index (κ3) is 4.59. The molecule has 0 saturated carbocycles. The molecule has 1 atom stereocenters. The van der Waals surface area contributed by atoms with Gasteiger partial charge in [0.1, 0.15) is 5.60 Å². The fourth-order valence-corrected chi connectivity index (χ4v) is 0.670. The van der Waals surface area contributed by atoms with Crippen molar-refractivity contribution in [3.63, 3.8) is 0 Å². The molecule has 76 valence electrons. The van der Waals surface area contributed by atoms with Crippen molar-refractivity contribution in [3.05, 3.63) is 0 Å². The highest BCUT2D eigenvalue weighted by Crippen LogP contribution is 2.08. The van der Waals surface area contributed by atoms with E-state index in [9.17, 15) is 9.59 Å². The van der Waals surface area contributed by atoms with Gasteiger partial charge < -0.3 is 9.94 Å². The van der Waals surface area contributed by atoms with Crippen LogP contribution in [0.4, 0.5) is 0 Å². The van der Waals surface area contributed by atoms with Crippen molar-refractivity contribution in [2.24, 2.45) is 0 Å². The second kappa shape index (κ2) is 4.34. The van der Waals surface area contributed by atoms with Gasteiger partial charge in [0.05, 0.1) is 0 Å². The number of nitrogens with one attached hydrogen (secondary N) is 1. The number of carbonyl (C=O) groups excluding carboxylic acids is 2. The zero-order valence-electron chi connectivity index (χ0n) is 8.25. The quantitative estimate of drug-likeness (QED) is 0.378. The fraction of sp³-hybridized carbons (Fsp3) is 0.750. The van der Waals surface area contributed by atoms with E-state index in [1.165, 1.54) is 6.92 Å². The van der Waals surface area contributed by atoms with Crippen LogP contribution in [0.5, 0.6) is 0 Å². The minimum absolute atomic E-state index is 0.489. The number of hydrogen-bond acceptors (Lipinski definition) is 5. The van der Waals surface area contributed by atoms with Gasteiger partial charge in [-0.05, 0) is 27.7 Å². The molecule has 13 heavy (non-hydrogen) atoms. The Bertz CT molecular complexity index is 207. The second-order valence-electron chi connectivity index (χ2n) is 3.71. The van der Waals surface area contributed by atoms with E-state index in [2.05, 4.69) is 0 Å². The van der Waals surface area contributed by atoms with Gasteiger partial charge in [0.15, 0.2) is 11.8 Å². The molecule has 0 bridgehead atoms. The van der Waals surface area contributed by atoms with E-state index in [1.807, 2.05) is 0 Å². The lowest BCUT2D eigenvalue weighted by Crippen LogP contribution is -2.44. The number of hydrogen-bond donors (Lipinski definition) is 2. The highest BCUT2D eigenvalue weighted by Gasteiger charge is 2.27. The monoisotopic (exact) mass is 189 g/mol. The summed E-state index contributed by atoms with van der Waals surface area (Å²) < 4.78 is 4.87. The van der Waals surface area contributed by atoms with Crippen LogP contribution in [0.25, 0.3) is 0 Å². The van der Waals surface area contributed by atoms with Crippen LogP contribution < -0.4 is 5.48 Å². The summed E-state index contributed by atoms with van der Waals surface area (Å²) in [6.45, 7) is 6.23. The number of carbonyl (C=O) groups is 2. The molecule has 0 saturated heterocycles. The van der Waals surface area contributed by atoms with Gasteiger partial charge in [-0.3, -0.25) is 4.79 Å². The number of esters is 1. The Morgan fingerprint density at radius 2 is 1.85 bits per heavy atom. The van der Waals surface area contributed by atoms with Crippen molar-refractivity contribution in [3.8, 4) is 0 Å². The molecule has 0 amide bonds. The summed E-state index contributed by atoms with van der Waals surface area (Å²) in [5, 5.41) is 8.49. The Labute approximate surface area is 77.0 Å². The van der Waals surface area contributed by atoms with Crippen molar-refractivity contribution in [1.82, 2.24) is 5.48 Å². The normalized spacial score (nSPS) is 13.6. The molecule has 0 heterocycles. The number of ether oxygens (including phenoxy) is 1. The lowest BCUT2D eigenvalue weighted by atomic mass is 10.1. The number of Topliss-reactive ketones (excluding diaryl/α,β-unsaturated/α-hetero) is 1. The van der Waals surface area contributed by atoms with Gasteiger partial charge in [0, 0.05) is 0 Å². The Balaban J connectivity index is 4.32. The molecule has 0 fully saturated rings. The first-order chi connectivity index (χ1) is 5.78. The Morgan fingerprint density at radius 1 is 1.38 bits per heavy atom. The molecule has 5 nitrogen and oxygen atoms in total. The number of rotatable bonds is 3. The molecule has 2 N–H and O–H groups in total. The third-order valence-electron chi connectivity index (χ3n) is 1.18. The van der Waals surface area contributed by atoms with Crippen molar-refractivity contribution >= 4 is 11.8 Å². The van der Waals surface area contributed by atoms with Crippen LogP contribution in [0.1, 0.15) is 27.7 Å². The lowest BCUT2D eigenvalue weighted by molar-refractivity contribution is -0.162. The summed E-state index contributed by atoms with van der Waals surface area (Å²) in [4.78, 5) is 21.9. The van der Waals surface area contributed by atoms with E-state index >= 15 is 0 Å². The van der Waals surface area contributed by atoms with E-state index < -0.39 is 23.4 Å². The minimum atomic E-state index is -1.29. The molecule has 0 aromatic carbocycles. The first-order valence-electron chi connectivity index (χ1n) is 3.91. The minimum Gasteiger partial charge on any atom is -0.458 e. The van der Waals surface area contributed by atoms with E-state index in [4.69, 9.17) is 9.94 Å². The first-order valence-corrected chi connectivity index (χ1v) is 3.91. The van der Waals surface area contributed by atoms with Gasteiger partial charge in [-0.1, -0.05) is 0 Å². The van der Waals surface area contributed by atoms with Crippen molar-refractivity contribution in [1.29, 1.82) is 0 Å². The van der Waals surface area contributed by atoms with Gasteiger partial charge in [-0.2, -0.15) is 5.48 Å². The third-order valence-corrected chi connectivity index (χ3v) is 1.18. The second-order valence-corrected chi connectivity index (χ2v) is 3.71. The Kier molecular flexibility index (Phi) is 4.03. The van der Waals surface area contributed by atoms with E-state index in [1.54, 1.807) is 26.3 Å². The van der Waals surface area contributed by atoms with Gasteiger partial charge in [0.25, 0.3) is 0 Å². The standard InChI is InChI=1S/C8H15NO4/c1-5(10)6(9-12)7(11)13-8(2,3)4/h6,9,12H,1-4H3. The zero-order chi connectivity index (χ0) is 10.6. The van der Waals surface area contributed by atoms with Crippen molar-refractivity contribution < 1.29 is 19.5 Å². The van der Waals surface area contributed by atoms with Crippen molar-refractivity contribution in [2.45, 2.75) is 39.3 Å². The highest BCUT2D eigenvalue weighted by molar-refractivity contribution is 6.01. The van der Waals surface area contributed by atoms with E-state index in [0.29, 0.717) is 0 Å². The van der Waals surface area contributed by atoms with Crippen molar-refractivity contribution in [2.75, 3.05) is 0 Å². The molecular weight excluding hydrogens is 174 g/mol. The Morgan fingerprint density at radius 3 is 2.08 bits per heavy atom. The number of ketones is 1. The average molecular weight is 189 g/mol. The van der Waals surface area contributed by atoms with E-state index in [0.717, 1.165) is 0 Å². The summed E-state index contributed by atoms with van der Waals surface area (Å²) in [7, 11) is 0. The maximum Gasteiger partial charge on any atom is 0.333 e. The average Bonchev–Trinajstić information content (AvgIpc) is 1.82. The molecule has 1 unspecified atom stereocenters. The van der Waals surface area contributed by atoms with E-state index in [-0.39, 0.29) is 0 Å². The summed E-state index contributed by atoms with van der Waals surface area (Å²) >= 11 is 0. The molecule has 0 spiro atoms. The predicted molar refractivity (Wildman–Crippen MR) is 45.2 cm³/mol. The molecule has 0 aromatic rings. The molecule has 0 aliphatic rings. The zero-order valence-corrected chi connectivity index (χ0v) is 8.25. The van der Waals surface area contributed by atoms with Crippen LogP contribution in [0, 0.1) is 0 Å². The van der Waals surface area contributed by atoms with Crippen LogP contribution in [0.15, 0.2) is 0 Å². The molecule has 0 radical (unpaired) electrons. The lowest BCUT2D eigenvalue weighted by Gasteiger charge is -2.21. The first kappa shape index (κ1) is 12.1. The highest BCUT2D eigenvalue weighted by atomic mass is 16.6. The van der Waals surface area contributed by atoms with Crippen LogP contribution in [-0.4, -0.2) is 28.6 Å². The molecule has 0 rings (SSSR count). The predicted octanol–water partition coefficient (Wildman–Crippen LogP) is 0.264. The van der Waals surface area contributed by atoms with Gasteiger partial charge in [0.2, 0.25) is 0 Å². The molecular formula is C8H15NO4. The SMILES string of the molecule is CC(=O)C(NO)C(=O)OC(C)(C)C. The van der Waals surface area contributed by atoms with Crippen LogP contribution in [0.3, 0.4) is 0 Å².